The van der Waals surface area contributed by atoms with E-state index in [9.17, 15) is 12.3 Å². The van der Waals surface area contributed by atoms with Gasteiger partial charge in [0.2, 0.25) is 0 Å². The molecule has 0 bridgehead atoms. The highest BCUT2D eigenvalue weighted by Gasteiger charge is 2.13. The predicted molar refractivity (Wildman–Crippen MR) is 37.6 cm³/mol. The third kappa shape index (κ3) is 1.68. The minimum Gasteiger partial charge on any atom is -0.188 e. The van der Waals surface area contributed by atoms with E-state index in [1.54, 1.807) is 0 Å². The Morgan fingerprint density at radius 3 is 2.40 bits per heavy atom. The smallest absolute Gasteiger partial charge is 0.188 e. The summed E-state index contributed by atoms with van der Waals surface area (Å²) in [6.07, 6.45) is 0. The number of rotatable bonds is 1. The van der Waals surface area contributed by atoms with Gasteiger partial charge in [-0.15, -0.1) is 11.3 Å². The van der Waals surface area contributed by atoms with E-state index in [1.165, 1.54) is 5.38 Å². The summed E-state index contributed by atoms with van der Waals surface area (Å²) in [6, 6.07) is 1.07. The second kappa shape index (κ2) is 2.48. The van der Waals surface area contributed by atoms with Gasteiger partial charge >= 0.3 is 10.2 Å². The molecule has 0 aromatic carbocycles. The van der Waals surface area contributed by atoms with Crippen molar-refractivity contribution in [3.05, 3.63) is 16.5 Å². The van der Waals surface area contributed by atoms with Gasteiger partial charge in [0, 0.05) is 5.38 Å². The fourth-order valence-electron chi connectivity index (χ4n) is 0.423. The van der Waals surface area contributed by atoms with Crippen molar-refractivity contribution in [2.45, 2.75) is 4.21 Å². The summed E-state index contributed by atoms with van der Waals surface area (Å²) >= 11 is 6.11. The zero-order chi connectivity index (χ0) is 7.78. The van der Waals surface area contributed by atoms with Crippen LogP contribution in [0.4, 0.5) is 3.89 Å². The third-order valence-electron chi connectivity index (χ3n) is 0.784. The standard InChI is InChI=1S/C4H2ClFO2S2/c5-3-1-4(9-2-3)10(6,7)8/h1-2H. The Bertz CT molecular complexity index is 329. The van der Waals surface area contributed by atoms with E-state index >= 15 is 0 Å². The van der Waals surface area contributed by atoms with E-state index < -0.39 is 10.2 Å². The van der Waals surface area contributed by atoms with Crippen LogP contribution in [0.5, 0.6) is 0 Å². The Labute approximate surface area is 66.5 Å². The maximum atomic E-state index is 12.1. The lowest BCUT2D eigenvalue weighted by molar-refractivity contribution is 0.554. The fourth-order valence-corrected chi connectivity index (χ4v) is 2.16. The van der Waals surface area contributed by atoms with Crippen LogP contribution in [0.1, 0.15) is 0 Å². The summed E-state index contributed by atoms with van der Waals surface area (Å²) < 4.78 is 32.0. The highest BCUT2D eigenvalue weighted by molar-refractivity contribution is 7.88. The molecule has 0 atom stereocenters. The molecule has 0 fully saturated rings. The van der Waals surface area contributed by atoms with E-state index in [0.29, 0.717) is 0 Å². The molecular formula is C4H2ClFO2S2. The molecule has 1 aromatic heterocycles. The largest absolute Gasteiger partial charge is 0.341 e. The SMILES string of the molecule is O=S(=O)(F)c1cc(Cl)cs1. The van der Waals surface area contributed by atoms with Crippen LogP contribution in [0.15, 0.2) is 15.7 Å². The molecule has 56 valence electrons. The Hall–Kier alpha value is -0.130. The molecule has 0 radical (unpaired) electrons. The van der Waals surface area contributed by atoms with Gasteiger partial charge in [-0.1, -0.05) is 15.5 Å². The van der Waals surface area contributed by atoms with E-state index in [4.69, 9.17) is 11.6 Å². The number of hydrogen-bond acceptors (Lipinski definition) is 3. The molecule has 0 aliphatic carbocycles. The quantitative estimate of drug-likeness (QED) is 0.651. The van der Waals surface area contributed by atoms with Crippen LogP contribution in [0.2, 0.25) is 5.02 Å². The van der Waals surface area contributed by atoms with Crippen LogP contribution in [-0.4, -0.2) is 8.42 Å². The van der Waals surface area contributed by atoms with Gasteiger partial charge in [0.25, 0.3) is 0 Å². The molecule has 1 rings (SSSR count). The minimum absolute atomic E-state index is 0.237. The second-order valence-electron chi connectivity index (χ2n) is 1.52. The summed E-state index contributed by atoms with van der Waals surface area (Å²) in [4.78, 5) is 0. The van der Waals surface area contributed by atoms with Crippen LogP contribution in [0, 0.1) is 0 Å². The maximum Gasteiger partial charge on any atom is 0.341 e. The summed E-state index contributed by atoms with van der Waals surface area (Å²) in [6.45, 7) is 0. The van der Waals surface area contributed by atoms with Gasteiger partial charge in [-0.3, -0.25) is 0 Å². The van der Waals surface area contributed by atoms with Crippen LogP contribution < -0.4 is 0 Å². The van der Waals surface area contributed by atoms with Gasteiger partial charge in [-0.05, 0) is 6.07 Å². The molecule has 1 aromatic rings. The monoisotopic (exact) mass is 200 g/mol. The molecule has 10 heavy (non-hydrogen) atoms. The number of thiophene rings is 1. The van der Waals surface area contributed by atoms with Crippen molar-refractivity contribution < 1.29 is 12.3 Å². The summed E-state index contributed by atoms with van der Waals surface area (Å²) in [7, 11) is -4.55. The average molecular weight is 201 g/mol. The highest BCUT2D eigenvalue weighted by Crippen LogP contribution is 2.24. The van der Waals surface area contributed by atoms with Crippen molar-refractivity contribution >= 4 is 33.2 Å². The molecular weight excluding hydrogens is 199 g/mol. The first-order valence-electron chi connectivity index (χ1n) is 2.19. The number of halogens is 2. The van der Waals surface area contributed by atoms with Gasteiger partial charge in [-0.25, -0.2) is 0 Å². The van der Waals surface area contributed by atoms with Gasteiger partial charge in [0.05, 0.1) is 5.02 Å². The van der Waals surface area contributed by atoms with Gasteiger partial charge < -0.3 is 0 Å². The molecule has 2 nitrogen and oxygen atoms in total. The van der Waals surface area contributed by atoms with Crippen molar-refractivity contribution in [3.8, 4) is 0 Å². The second-order valence-corrected chi connectivity index (χ2v) is 4.44. The zero-order valence-electron chi connectivity index (χ0n) is 4.54. The molecule has 6 heteroatoms. The van der Waals surface area contributed by atoms with Crippen LogP contribution in [-0.2, 0) is 10.2 Å². The molecule has 0 aliphatic heterocycles. The molecule has 0 aliphatic rings. The Balaban J connectivity index is 3.21. The third-order valence-corrected chi connectivity index (χ3v) is 3.34. The number of hydrogen-bond donors (Lipinski definition) is 0. The lowest BCUT2D eigenvalue weighted by atomic mass is 10.7. The Morgan fingerprint density at radius 2 is 2.20 bits per heavy atom. The minimum atomic E-state index is -4.55. The summed E-state index contributed by atoms with van der Waals surface area (Å²) in [5.74, 6) is 0. The molecule has 0 unspecified atom stereocenters. The Morgan fingerprint density at radius 1 is 1.60 bits per heavy atom. The van der Waals surface area contributed by atoms with Gasteiger partial charge in [-0.2, -0.15) is 8.42 Å². The highest BCUT2D eigenvalue weighted by atomic mass is 35.5. The van der Waals surface area contributed by atoms with E-state index in [2.05, 4.69) is 0 Å². The van der Waals surface area contributed by atoms with Crippen molar-refractivity contribution in [1.82, 2.24) is 0 Å². The van der Waals surface area contributed by atoms with Crippen molar-refractivity contribution in [2.24, 2.45) is 0 Å². The lowest BCUT2D eigenvalue weighted by Gasteiger charge is -1.81. The maximum absolute atomic E-state index is 12.1. The first-order valence-corrected chi connectivity index (χ1v) is 4.83. The average Bonchev–Trinajstić information content (AvgIpc) is 2.11. The first-order chi connectivity index (χ1) is 4.50. The zero-order valence-corrected chi connectivity index (χ0v) is 6.93. The predicted octanol–water partition coefficient (Wildman–Crippen LogP) is 2.06. The fraction of sp³-hybridized carbons (Fsp3) is 0. The van der Waals surface area contributed by atoms with E-state index in [-0.39, 0.29) is 9.23 Å². The van der Waals surface area contributed by atoms with Crippen molar-refractivity contribution in [2.75, 3.05) is 0 Å². The molecule has 0 spiro atoms. The van der Waals surface area contributed by atoms with Crippen molar-refractivity contribution in [3.63, 3.8) is 0 Å². The van der Waals surface area contributed by atoms with E-state index in [1.807, 2.05) is 0 Å². The molecule has 0 saturated heterocycles. The lowest BCUT2D eigenvalue weighted by Crippen LogP contribution is -1.85. The Kier molecular flexibility index (Phi) is 1.98. The molecule has 0 saturated carbocycles. The van der Waals surface area contributed by atoms with Gasteiger partial charge in [0.1, 0.15) is 0 Å². The van der Waals surface area contributed by atoms with Crippen LogP contribution in [0.3, 0.4) is 0 Å². The van der Waals surface area contributed by atoms with Crippen LogP contribution in [0.25, 0.3) is 0 Å². The molecule has 1 heterocycles. The summed E-state index contributed by atoms with van der Waals surface area (Å²) in [5, 5.41) is 1.59. The van der Waals surface area contributed by atoms with Crippen molar-refractivity contribution in [1.29, 1.82) is 0 Å². The van der Waals surface area contributed by atoms with Crippen LogP contribution >= 0.6 is 22.9 Å². The topological polar surface area (TPSA) is 34.1 Å². The summed E-state index contributed by atoms with van der Waals surface area (Å²) in [5.41, 5.74) is 0. The molecule has 0 N–H and O–H groups in total. The molecule has 0 amide bonds. The van der Waals surface area contributed by atoms with E-state index in [0.717, 1.165) is 17.4 Å². The first kappa shape index (κ1) is 7.97. The van der Waals surface area contributed by atoms with Gasteiger partial charge in [0.15, 0.2) is 4.21 Å². The normalized spacial score (nSPS) is 11.8.